The SMILES string of the molecule is COc1cc(OC)c(NC(=S)Nc2cc(OC)c(NC(=O)c3ccccc3F)cc2OC)cc1Cl. The fourth-order valence-corrected chi connectivity index (χ4v) is 3.62. The zero-order valence-electron chi connectivity index (χ0n) is 19.3. The summed E-state index contributed by atoms with van der Waals surface area (Å²) in [5.41, 5.74) is 1.14. The van der Waals surface area contributed by atoms with Crippen LogP contribution in [0.5, 0.6) is 23.0 Å². The molecule has 35 heavy (non-hydrogen) atoms. The van der Waals surface area contributed by atoms with Crippen molar-refractivity contribution in [1.82, 2.24) is 0 Å². The second-order valence-electron chi connectivity index (χ2n) is 6.95. The minimum Gasteiger partial charge on any atom is -0.495 e. The van der Waals surface area contributed by atoms with Crippen LogP contribution in [0.1, 0.15) is 10.4 Å². The Morgan fingerprint density at radius 1 is 0.771 bits per heavy atom. The van der Waals surface area contributed by atoms with E-state index in [-0.39, 0.29) is 16.4 Å². The van der Waals surface area contributed by atoms with E-state index in [1.807, 2.05) is 0 Å². The lowest BCUT2D eigenvalue weighted by atomic mass is 10.1. The van der Waals surface area contributed by atoms with Gasteiger partial charge in [-0.05, 0) is 30.4 Å². The van der Waals surface area contributed by atoms with Gasteiger partial charge >= 0.3 is 0 Å². The van der Waals surface area contributed by atoms with Crippen molar-refractivity contribution in [1.29, 1.82) is 0 Å². The monoisotopic (exact) mass is 519 g/mol. The molecule has 0 aliphatic heterocycles. The first-order valence-electron chi connectivity index (χ1n) is 10.1. The third kappa shape index (κ3) is 6.03. The number of hydrogen-bond acceptors (Lipinski definition) is 6. The molecule has 0 aliphatic carbocycles. The van der Waals surface area contributed by atoms with Crippen molar-refractivity contribution < 1.29 is 28.1 Å². The standard InChI is InChI=1S/C24H23ClFN3O5S/c1-31-19-12-22(34-4)16(9-14(19)25)28-24(35)29-18-11-20(32-2)17(10-21(18)33-3)27-23(30)13-7-5-6-8-15(13)26/h5-12H,1-4H3,(H,27,30)(H2,28,29,35). The molecule has 3 aromatic rings. The smallest absolute Gasteiger partial charge is 0.258 e. The predicted molar refractivity (Wildman–Crippen MR) is 138 cm³/mol. The quantitative estimate of drug-likeness (QED) is 0.333. The molecule has 0 bridgehead atoms. The molecule has 3 N–H and O–H groups in total. The van der Waals surface area contributed by atoms with Gasteiger partial charge in [-0.2, -0.15) is 0 Å². The molecule has 8 nitrogen and oxygen atoms in total. The minimum atomic E-state index is -0.639. The van der Waals surface area contributed by atoms with Gasteiger partial charge < -0.3 is 34.9 Å². The Labute approximate surface area is 212 Å². The van der Waals surface area contributed by atoms with Gasteiger partial charge in [-0.25, -0.2) is 4.39 Å². The highest BCUT2D eigenvalue weighted by Gasteiger charge is 2.18. The molecule has 11 heteroatoms. The number of hydrogen-bond donors (Lipinski definition) is 3. The zero-order valence-corrected chi connectivity index (χ0v) is 20.9. The van der Waals surface area contributed by atoms with Crippen molar-refractivity contribution in [2.75, 3.05) is 44.4 Å². The highest BCUT2D eigenvalue weighted by Crippen LogP contribution is 2.38. The molecule has 0 atom stereocenters. The number of methoxy groups -OCH3 is 4. The topological polar surface area (TPSA) is 90.1 Å². The molecular weight excluding hydrogens is 497 g/mol. The summed E-state index contributed by atoms with van der Waals surface area (Å²) in [5, 5.41) is 9.24. The summed E-state index contributed by atoms with van der Waals surface area (Å²) in [4.78, 5) is 12.6. The normalized spacial score (nSPS) is 10.2. The summed E-state index contributed by atoms with van der Waals surface area (Å²) in [6.07, 6.45) is 0. The van der Waals surface area contributed by atoms with Crippen molar-refractivity contribution in [2.24, 2.45) is 0 Å². The Bertz CT molecular complexity index is 1260. The van der Waals surface area contributed by atoms with E-state index in [4.69, 9.17) is 42.8 Å². The van der Waals surface area contributed by atoms with Crippen molar-refractivity contribution in [3.8, 4) is 23.0 Å². The summed E-state index contributed by atoms with van der Waals surface area (Å²) in [6.45, 7) is 0. The van der Waals surface area contributed by atoms with Crippen LogP contribution < -0.4 is 34.9 Å². The molecule has 0 spiro atoms. The summed E-state index contributed by atoms with van der Waals surface area (Å²) in [6, 6.07) is 12.0. The summed E-state index contributed by atoms with van der Waals surface area (Å²) < 4.78 is 35.4. The summed E-state index contributed by atoms with van der Waals surface area (Å²) >= 11 is 11.7. The summed E-state index contributed by atoms with van der Waals surface area (Å²) in [7, 11) is 5.90. The van der Waals surface area contributed by atoms with E-state index in [9.17, 15) is 9.18 Å². The van der Waals surface area contributed by atoms with Crippen LogP contribution >= 0.6 is 23.8 Å². The number of thiocarbonyl (C=S) groups is 1. The van der Waals surface area contributed by atoms with Crippen molar-refractivity contribution in [3.63, 3.8) is 0 Å². The van der Waals surface area contributed by atoms with Crippen LogP contribution in [0.3, 0.4) is 0 Å². The maximum absolute atomic E-state index is 14.0. The van der Waals surface area contributed by atoms with Gasteiger partial charge in [0.15, 0.2) is 5.11 Å². The van der Waals surface area contributed by atoms with E-state index in [1.165, 1.54) is 52.7 Å². The van der Waals surface area contributed by atoms with Gasteiger partial charge in [-0.15, -0.1) is 0 Å². The Hall–Kier alpha value is -3.76. The second-order valence-corrected chi connectivity index (χ2v) is 7.77. The first kappa shape index (κ1) is 25.9. The van der Waals surface area contributed by atoms with Gasteiger partial charge in [0.05, 0.1) is 56.1 Å². The molecule has 0 aliphatic rings. The first-order chi connectivity index (χ1) is 16.8. The van der Waals surface area contributed by atoms with Crippen LogP contribution in [0.2, 0.25) is 5.02 Å². The lowest BCUT2D eigenvalue weighted by molar-refractivity contribution is 0.102. The van der Waals surface area contributed by atoms with E-state index in [2.05, 4.69) is 16.0 Å². The molecule has 0 aromatic heterocycles. The molecule has 184 valence electrons. The lowest BCUT2D eigenvalue weighted by Crippen LogP contribution is -2.20. The molecule has 0 fully saturated rings. The third-order valence-corrected chi connectivity index (χ3v) is 5.36. The van der Waals surface area contributed by atoms with Gasteiger partial charge in [0.2, 0.25) is 0 Å². The Morgan fingerprint density at radius 2 is 1.26 bits per heavy atom. The van der Waals surface area contributed by atoms with Crippen LogP contribution in [-0.4, -0.2) is 39.5 Å². The number of halogens is 2. The van der Waals surface area contributed by atoms with Crippen LogP contribution in [-0.2, 0) is 0 Å². The maximum Gasteiger partial charge on any atom is 0.258 e. The lowest BCUT2D eigenvalue weighted by Gasteiger charge is -2.19. The van der Waals surface area contributed by atoms with E-state index in [0.717, 1.165) is 0 Å². The largest absolute Gasteiger partial charge is 0.495 e. The van der Waals surface area contributed by atoms with E-state index < -0.39 is 11.7 Å². The number of carbonyl (C=O) groups excluding carboxylic acids is 1. The highest BCUT2D eigenvalue weighted by molar-refractivity contribution is 7.80. The highest BCUT2D eigenvalue weighted by atomic mass is 35.5. The zero-order chi connectivity index (χ0) is 25.5. The van der Waals surface area contributed by atoms with Gasteiger partial charge in [0.1, 0.15) is 28.8 Å². The molecule has 0 saturated carbocycles. The molecule has 1 amide bonds. The van der Waals surface area contributed by atoms with Crippen molar-refractivity contribution in [2.45, 2.75) is 0 Å². The predicted octanol–water partition coefficient (Wildman–Crippen LogP) is 5.57. The molecule has 0 heterocycles. The van der Waals surface area contributed by atoms with Crippen molar-refractivity contribution in [3.05, 3.63) is 64.9 Å². The number of ether oxygens (including phenoxy) is 4. The minimum absolute atomic E-state index is 0.104. The van der Waals surface area contributed by atoms with Crippen LogP contribution in [0, 0.1) is 5.82 Å². The Kier molecular flexibility index (Phi) is 8.56. The fourth-order valence-electron chi connectivity index (χ4n) is 3.16. The average Bonchev–Trinajstić information content (AvgIpc) is 2.84. The molecule has 0 saturated heterocycles. The van der Waals surface area contributed by atoms with Crippen LogP contribution in [0.25, 0.3) is 0 Å². The number of carbonyl (C=O) groups is 1. The third-order valence-electron chi connectivity index (χ3n) is 4.86. The number of amides is 1. The molecule has 0 radical (unpaired) electrons. The van der Waals surface area contributed by atoms with E-state index in [0.29, 0.717) is 39.4 Å². The average molecular weight is 520 g/mol. The molecular formula is C24H23ClFN3O5S. The van der Waals surface area contributed by atoms with Crippen LogP contribution in [0.4, 0.5) is 21.5 Å². The number of anilines is 3. The van der Waals surface area contributed by atoms with Gasteiger partial charge in [0.25, 0.3) is 5.91 Å². The van der Waals surface area contributed by atoms with E-state index in [1.54, 1.807) is 24.3 Å². The van der Waals surface area contributed by atoms with Gasteiger partial charge in [-0.1, -0.05) is 23.7 Å². The van der Waals surface area contributed by atoms with Gasteiger partial charge in [-0.3, -0.25) is 4.79 Å². The van der Waals surface area contributed by atoms with E-state index >= 15 is 0 Å². The van der Waals surface area contributed by atoms with Crippen molar-refractivity contribution >= 4 is 51.9 Å². The Morgan fingerprint density at radius 3 is 1.80 bits per heavy atom. The fraction of sp³-hybridized carbons (Fsp3) is 0.167. The molecule has 0 unspecified atom stereocenters. The number of nitrogens with one attached hydrogen (secondary N) is 3. The maximum atomic E-state index is 14.0. The summed E-state index contributed by atoms with van der Waals surface area (Å²) in [5.74, 6) is 0.285. The van der Waals surface area contributed by atoms with Crippen LogP contribution in [0.15, 0.2) is 48.5 Å². The second kappa shape index (κ2) is 11.6. The first-order valence-corrected chi connectivity index (χ1v) is 10.9. The molecule has 3 aromatic carbocycles. The molecule has 3 rings (SSSR count). The Balaban J connectivity index is 1.84. The number of benzene rings is 3. The van der Waals surface area contributed by atoms with Gasteiger partial charge in [0, 0.05) is 18.2 Å². The number of rotatable bonds is 8.